The van der Waals surface area contributed by atoms with E-state index >= 15 is 0 Å². The average Bonchev–Trinajstić information content (AvgIpc) is 3.67. The van der Waals surface area contributed by atoms with Crippen molar-refractivity contribution in [1.82, 2.24) is 14.5 Å². The summed E-state index contributed by atoms with van der Waals surface area (Å²) in [5.41, 5.74) is 12.8. The molecule has 0 saturated carbocycles. The second-order valence-corrected chi connectivity index (χ2v) is 15.7. The van der Waals surface area contributed by atoms with Crippen LogP contribution in [0.2, 0.25) is 0 Å². The molecule has 10 aromatic carbocycles. The average molecular weight is 776 g/mol. The molecule has 0 N–H and O–H groups in total. The van der Waals surface area contributed by atoms with Crippen LogP contribution in [0.3, 0.4) is 0 Å². The topological polar surface area (TPSA) is 30.7 Å². The van der Waals surface area contributed by atoms with Gasteiger partial charge in [0, 0.05) is 27.5 Å². The molecule has 3 heteroatoms. The molecule has 0 bridgehead atoms. The molecule has 0 radical (unpaired) electrons. The van der Waals surface area contributed by atoms with Gasteiger partial charge >= 0.3 is 0 Å². The number of rotatable bonds is 6. The summed E-state index contributed by atoms with van der Waals surface area (Å²) in [7, 11) is 0. The summed E-state index contributed by atoms with van der Waals surface area (Å²) in [5.74, 6) is 0.674. The molecule has 0 aliphatic heterocycles. The summed E-state index contributed by atoms with van der Waals surface area (Å²) in [6, 6.07) is 80.4. The van der Waals surface area contributed by atoms with Crippen LogP contribution in [0, 0.1) is 0 Å². The molecule has 0 saturated heterocycles. The van der Waals surface area contributed by atoms with E-state index in [1.807, 2.05) is 0 Å². The van der Waals surface area contributed by atoms with Crippen LogP contribution in [0.4, 0.5) is 0 Å². The van der Waals surface area contributed by atoms with Crippen LogP contribution in [0.25, 0.3) is 116 Å². The predicted octanol–water partition coefficient (Wildman–Crippen LogP) is 15.4. The van der Waals surface area contributed by atoms with Crippen molar-refractivity contribution in [2.45, 2.75) is 0 Å². The molecule has 12 rings (SSSR count). The molecule has 0 unspecified atom stereocenters. The monoisotopic (exact) mass is 775 g/mol. The van der Waals surface area contributed by atoms with Gasteiger partial charge in [-0.2, -0.15) is 0 Å². The fourth-order valence-corrected chi connectivity index (χ4v) is 9.41. The Kier molecular flexibility index (Phi) is 8.17. The molecular weight excluding hydrogens is 739 g/mol. The normalized spacial score (nSPS) is 11.6. The Morgan fingerprint density at radius 3 is 1.57 bits per heavy atom. The van der Waals surface area contributed by atoms with Gasteiger partial charge in [-0.05, 0) is 84.9 Å². The van der Waals surface area contributed by atoms with E-state index in [-0.39, 0.29) is 0 Å². The van der Waals surface area contributed by atoms with Crippen molar-refractivity contribution in [3.63, 3.8) is 0 Å². The van der Waals surface area contributed by atoms with E-state index in [9.17, 15) is 0 Å². The quantitative estimate of drug-likeness (QED) is 0.124. The van der Waals surface area contributed by atoms with E-state index < -0.39 is 0 Å². The minimum absolute atomic E-state index is 0.674. The van der Waals surface area contributed by atoms with Gasteiger partial charge in [-0.3, -0.25) is 0 Å². The molecular formula is C58H37N3. The van der Waals surface area contributed by atoms with Crippen LogP contribution in [-0.4, -0.2) is 14.5 Å². The molecule has 0 aliphatic carbocycles. The molecule has 0 spiro atoms. The van der Waals surface area contributed by atoms with Crippen molar-refractivity contribution in [2.24, 2.45) is 0 Å². The molecule has 0 atom stereocenters. The van der Waals surface area contributed by atoms with Gasteiger partial charge in [0.15, 0.2) is 5.82 Å². The Balaban J connectivity index is 1.07. The number of hydrogen-bond donors (Lipinski definition) is 0. The SMILES string of the molecule is c1ccc(-c2ccccc2-c2cc(-c3ccccc3-n3c4ccccc4c4ccccc43)nc(-c3ccc(-c4c5ccccc5cc5c4ccc4ccccc45)cc3)n2)cc1. The molecule has 284 valence electrons. The highest BCUT2D eigenvalue weighted by Crippen LogP contribution is 2.42. The van der Waals surface area contributed by atoms with Gasteiger partial charge in [-0.25, -0.2) is 9.97 Å². The lowest BCUT2D eigenvalue weighted by molar-refractivity contribution is 1.15. The van der Waals surface area contributed by atoms with E-state index in [1.54, 1.807) is 0 Å². The summed E-state index contributed by atoms with van der Waals surface area (Å²) in [5, 5.41) is 9.91. The third-order valence-electron chi connectivity index (χ3n) is 12.2. The van der Waals surface area contributed by atoms with Crippen molar-refractivity contribution < 1.29 is 0 Å². The summed E-state index contributed by atoms with van der Waals surface area (Å²) in [6.07, 6.45) is 0. The molecule has 2 heterocycles. The van der Waals surface area contributed by atoms with E-state index in [1.165, 1.54) is 48.7 Å². The zero-order valence-corrected chi connectivity index (χ0v) is 33.2. The van der Waals surface area contributed by atoms with Crippen LogP contribution in [0.5, 0.6) is 0 Å². The molecule has 0 aliphatic rings. The third-order valence-corrected chi connectivity index (χ3v) is 12.2. The van der Waals surface area contributed by atoms with E-state index in [2.05, 4.69) is 229 Å². The summed E-state index contributed by atoms with van der Waals surface area (Å²) in [6.45, 7) is 0. The first kappa shape index (κ1) is 34.9. The number of fused-ring (bicyclic) bond motifs is 7. The fourth-order valence-electron chi connectivity index (χ4n) is 9.41. The minimum Gasteiger partial charge on any atom is -0.309 e. The molecule has 61 heavy (non-hydrogen) atoms. The lowest BCUT2D eigenvalue weighted by atomic mass is 9.89. The van der Waals surface area contributed by atoms with Gasteiger partial charge in [-0.1, -0.05) is 194 Å². The van der Waals surface area contributed by atoms with Crippen molar-refractivity contribution in [2.75, 3.05) is 0 Å². The summed E-state index contributed by atoms with van der Waals surface area (Å²) < 4.78 is 2.38. The largest absolute Gasteiger partial charge is 0.309 e. The maximum atomic E-state index is 5.44. The maximum Gasteiger partial charge on any atom is 0.160 e. The highest BCUT2D eigenvalue weighted by atomic mass is 15.0. The summed E-state index contributed by atoms with van der Waals surface area (Å²) in [4.78, 5) is 10.8. The zero-order valence-electron chi connectivity index (χ0n) is 33.2. The Hall–Kier alpha value is -8.14. The molecule has 3 nitrogen and oxygen atoms in total. The molecule has 2 aromatic heterocycles. The van der Waals surface area contributed by atoms with E-state index in [0.29, 0.717) is 5.82 Å². The van der Waals surface area contributed by atoms with E-state index in [4.69, 9.17) is 9.97 Å². The second-order valence-electron chi connectivity index (χ2n) is 15.7. The van der Waals surface area contributed by atoms with Gasteiger partial charge < -0.3 is 4.57 Å². The van der Waals surface area contributed by atoms with Gasteiger partial charge in [-0.15, -0.1) is 0 Å². The number of aromatic nitrogens is 3. The van der Waals surface area contributed by atoms with Crippen molar-refractivity contribution >= 4 is 54.1 Å². The first-order chi connectivity index (χ1) is 30.3. The van der Waals surface area contributed by atoms with E-state index in [0.717, 1.165) is 61.5 Å². The van der Waals surface area contributed by atoms with Crippen molar-refractivity contribution in [3.8, 4) is 61.8 Å². The van der Waals surface area contributed by atoms with Crippen LogP contribution in [-0.2, 0) is 0 Å². The third kappa shape index (κ3) is 5.82. The van der Waals surface area contributed by atoms with Crippen LogP contribution >= 0.6 is 0 Å². The molecule has 12 aromatic rings. The molecule has 0 fully saturated rings. The van der Waals surface area contributed by atoms with Crippen LogP contribution in [0.1, 0.15) is 0 Å². The highest BCUT2D eigenvalue weighted by molar-refractivity contribution is 6.20. The van der Waals surface area contributed by atoms with Gasteiger partial charge in [0.05, 0.1) is 28.1 Å². The smallest absolute Gasteiger partial charge is 0.160 e. The number of para-hydroxylation sites is 3. The van der Waals surface area contributed by atoms with Crippen LogP contribution in [0.15, 0.2) is 224 Å². The van der Waals surface area contributed by atoms with Crippen molar-refractivity contribution in [1.29, 1.82) is 0 Å². The van der Waals surface area contributed by atoms with Crippen molar-refractivity contribution in [3.05, 3.63) is 224 Å². The van der Waals surface area contributed by atoms with Gasteiger partial charge in [0.25, 0.3) is 0 Å². The highest BCUT2D eigenvalue weighted by Gasteiger charge is 2.20. The number of benzene rings is 10. The Labute approximate surface area is 353 Å². The Morgan fingerprint density at radius 2 is 0.836 bits per heavy atom. The lowest BCUT2D eigenvalue weighted by Crippen LogP contribution is -2.01. The fraction of sp³-hybridized carbons (Fsp3) is 0. The standard InChI is InChI=1S/C58H37N3/c1-2-16-38(17-3-1)43-20-8-9-23-46(43)52-37-53(50-26-12-15-29-56(50)61-54-27-13-10-24-47(54)48-25-11-14-28-55(48)61)60-58(59-52)41-32-30-40(31-33-41)57-45-22-7-5-19-42(45)36-51-44-21-6-4-18-39(44)34-35-49(51)57/h1-37H. The first-order valence-electron chi connectivity index (χ1n) is 20.8. The Morgan fingerprint density at radius 1 is 0.295 bits per heavy atom. The number of hydrogen-bond acceptors (Lipinski definition) is 2. The van der Waals surface area contributed by atoms with Gasteiger partial charge in [0.1, 0.15) is 0 Å². The summed E-state index contributed by atoms with van der Waals surface area (Å²) >= 11 is 0. The maximum absolute atomic E-state index is 5.44. The minimum atomic E-state index is 0.674. The Bertz CT molecular complexity index is 3580. The first-order valence-corrected chi connectivity index (χ1v) is 20.8. The van der Waals surface area contributed by atoms with Crippen LogP contribution < -0.4 is 0 Å². The zero-order chi connectivity index (χ0) is 40.3. The van der Waals surface area contributed by atoms with Gasteiger partial charge in [0.2, 0.25) is 0 Å². The second kappa shape index (κ2) is 14.3. The number of nitrogens with zero attached hydrogens (tertiary/aromatic N) is 3. The molecule has 0 amide bonds. The predicted molar refractivity (Wildman–Crippen MR) is 256 cm³/mol. The lowest BCUT2D eigenvalue weighted by Gasteiger charge is -2.17.